The number of rotatable bonds is 5. The Morgan fingerprint density at radius 2 is 2.12 bits per heavy atom. The first kappa shape index (κ1) is 13.4. The van der Waals surface area contributed by atoms with Crippen LogP contribution < -0.4 is 10.7 Å². The number of aromatic amines is 1. The highest BCUT2D eigenvalue weighted by molar-refractivity contribution is 5.93. The number of methoxy groups -OCH3 is 2. The summed E-state index contributed by atoms with van der Waals surface area (Å²) >= 11 is 0. The summed E-state index contributed by atoms with van der Waals surface area (Å²) in [7, 11) is 2.94. The highest BCUT2D eigenvalue weighted by Crippen LogP contribution is 1.93. The Kier molecular flexibility index (Phi) is 4.86. The van der Waals surface area contributed by atoms with E-state index in [1.54, 1.807) is 6.92 Å². The molecule has 0 bridgehead atoms. The summed E-state index contributed by atoms with van der Waals surface area (Å²) in [5, 5.41) is 2.55. The molecule has 1 heterocycles. The Morgan fingerprint density at radius 3 is 2.65 bits per heavy atom. The van der Waals surface area contributed by atoms with Crippen LogP contribution >= 0.6 is 0 Å². The van der Waals surface area contributed by atoms with Crippen LogP contribution in [0.4, 0.5) is 0 Å². The lowest BCUT2D eigenvalue weighted by molar-refractivity contribution is -0.0974. The van der Waals surface area contributed by atoms with E-state index in [1.807, 2.05) is 0 Å². The number of ether oxygens (including phenoxy) is 2. The van der Waals surface area contributed by atoms with Gasteiger partial charge in [-0.05, 0) is 6.92 Å². The summed E-state index contributed by atoms with van der Waals surface area (Å²) in [4.78, 5) is 26.0. The maximum absolute atomic E-state index is 11.7. The largest absolute Gasteiger partial charge is 0.364 e. The summed E-state index contributed by atoms with van der Waals surface area (Å²) in [5.41, 5.74) is 0.463. The number of pyridine rings is 1. The fourth-order valence-electron chi connectivity index (χ4n) is 1.28. The van der Waals surface area contributed by atoms with E-state index in [4.69, 9.17) is 9.47 Å². The number of carbonyl (C=O) groups excluding carboxylic acids is 1. The van der Waals surface area contributed by atoms with Crippen LogP contribution in [0.15, 0.2) is 17.1 Å². The van der Waals surface area contributed by atoms with Gasteiger partial charge in [-0.1, -0.05) is 0 Å². The van der Waals surface area contributed by atoms with E-state index < -0.39 is 12.2 Å². The number of H-pyrrole nitrogens is 1. The SMILES string of the molecule is COC(CNC(=O)c1c[nH]c(C)cc1=O)OC. The van der Waals surface area contributed by atoms with Crippen LogP contribution in [0.3, 0.4) is 0 Å². The molecular formula is C11H16N2O4. The van der Waals surface area contributed by atoms with E-state index in [1.165, 1.54) is 26.5 Å². The summed E-state index contributed by atoms with van der Waals surface area (Å²) in [6, 6.07) is 1.37. The van der Waals surface area contributed by atoms with Crippen molar-refractivity contribution in [3.05, 3.63) is 33.7 Å². The maximum atomic E-state index is 11.7. The first-order valence-electron chi connectivity index (χ1n) is 5.11. The molecule has 0 aliphatic heterocycles. The topological polar surface area (TPSA) is 80.4 Å². The van der Waals surface area contributed by atoms with Gasteiger partial charge in [0.15, 0.2) is 11.7 Å². The Hall–Kier alpha value is -1.66. The summed E-state index contributed by atoms with van der Waals surface area (Å²) in [6.45, 7) is 1.92. The lowest BCUT2D eigenvalue weighted by Gasteiger charge is -2.13. The zero-order valence-corrected chi connectivity index (χ0v) is 10.1. The van der Waals surface area contributed by atoms with Crippen molar-refractivity contribution in [1.82, 2.24) is 10.3 Å². The number of hydrogen-bond acceptors (Lipinski definition) is 4. The van der Waals surface area contributed by atoms with Crippen molar-refractivity contribution < 1.29 is 14.3 Å². The predicted octanol–water partition coefficient (Wildman–Crippen LogP) is 0.0320. The second-order valence-electron chi connectivity index (χ2n) is 3.50. The number of amides is 1. The van der Waals surface area contributed by atoms with Gasteiger partial charge in [-0.2, -0.15) is 0 Å². The van der Waals surface area contributed by atoms with E-state index >= 15 is 0 Å². The first-order valence-corrected chi connectivity index (χ1v) is 5.11. The van der Waals surface area contributed by atoms with Crippen LogP contribution in [0.5, 0.6) is 0 Å². The molecule has 17 heavy (non-hydrogen) atoms. The number of aryl methyl sites for hydroxylation is 1. The Bertz CT molecular complexity index is 437. The van der Waals surface area contributed by atoms with Gasteiger partial charge in [0.25, 0.3) is 5.91 Å². The van der Waals surface area contributed by atoms with Crippen LogP contribution in [0.1, 0.15) is 16.1 Å². The van der Waals surface area contributed by atoms with Gasteiger partial charge < -0.3 is 19.8 Å². The molecule has 94 valence electrons. The van der Waals surface area contributed by atoms with E-state index in [0.717, 1.165) is 0 Å². The lowest BCUT2D eigenvalue weighted by Crippen LogP contribution is -2.36. The fourth-order valence-corrected chi connectivity index (χ4v) is 1.28. The monoisotopic (exact) mass is 240 g/mol. The minimum atomic E-state index is -0.525. The highest BCUT2D eigenvalue weighted by atomic mass is 16.7. The number of carbonyl (C=O) groups is 1. The van der Waals surface area contributed by atoms with Crippen LogP contribution in [-0.2, 0) is 9.47 Å². The molecule has 1 aromatic rings. The molecule has 1 aromatic heterocycles. The highest BCUT2D eigenvalue weighted by Gasteiger charge is 2.12. The molecule has 0 unspecified atom stereocenters. The van der Waals surface area contributed by atoms with Crippen molar-refractivity contribution >= 4 is 5.91 Å². The van der Waals surface area contributed by atoms with Gasteiger partial charge in [-0.15, -0.1) is 0 Å². The van der Waals surface area contributed by atoms with Gasteiger partial charge in [0, 0.05) is 32.2 Å². The van der Waals surface area contributed by atoms with Gasteiger partial charge in [0.2, 0.25) is 0 Å². The molecule has 0 spiro atoms. The molecule has 0 aliphatic carbocycles. The van der Waals surface area contributed by atoms with Gasteiger partial charge >= 0.3 is 0 Å². The van der Waals surface area contributed by atoms with Crippen molar-refractivity contribution in [2.24, 2.45) is 0 Å². The normalized spacial score (nSPS) is 10.6. The van der Waals surface area contributed by atoms with Gasteiger partial charge in [-0.3, -0.25) is 9.59 Å². The minimum Gasteiger partial charge on any atom is -0.364 e. The number of aromatic nitrogens is 1. The van der Waals surface area contributed by atoms with Crippen molar-refractivity contribution in [3.8, 4) is 0 Å². The molecule has 6 heteroatoms. The molecule has 0 saturated carbocycles. The maximum Gasteiger partial charge on any atom is 0.256 e. The van der Waals surface area contributed by atoms with Gasteiger partial charge in [-0.25, -0.2) is 0 Å². The van der Waals surface area contributed by atoms with Crippen LogP contribution in [0.25, 0.3) is 0 Å². The third-order valence-electron chi connectivity index (χ3n) is 2.26. The molecule has 2 N–H and O–H groups in total. The summed E-state index contributed by atoms with van der Waals surface area (Å²) in [5.74, 6) is -0.453. The van der Waals surface area contributed by atoms with Gasteiger partial charge in [0.05, 0.1) is 6.54 Å². The summed E-state index contributed by atoms with van der Waals surface area (Å²) < 4.78 is 9.82. The molecule has 0 aromatic carbocycles. The molecule has 1 amide bonds. The van der Waals surface area contributed by atoms with E-state index in [9.17, 15) is 9.59 Å². The Balaban J connectivity index is 2.67. The van der Waals surface area contributed by atoms with Crippen molar-refractivity contribution in [2.45, 2.75) is 13.2 Å². The molecule has 0 fully saturated rings. The molecular weight excluding hydrogens is 224 g/mol. The molecule has 0 radical (unpaired) electrons. The van der Waals surface area contributed by atoms with Crippen molar-refractivity contribution in [2.75, 3.05) is 20.8 Å². The predicted molar refractivity (Wildman–Crippen MR) is 61.9 cm³/mol. The third-order valence-corrected chi connectivity index (χ3v) is 2.26. The van der Waals surface area contributed by atoms with Crippen LogP contribution in [-0.4, -0.2) is 37.9 Å². The average molecular weight is 240 g/mol. The van der Waals surface area contributed by atoms with Crippen molar-refractivity contribution in [3.63, 3.8) is 0 Å². The third kappa shape index (κ3) is 3.69. The van der Waals surface area contributed by atoms with Crippen molar-refractivity contribution in [1.29, 1.82) is 0 Å². The summed E-state index contributed by atoms with van der Waals surface area (Å²) in [6.07, 6.45) is 0.866. The fraction of sp³-hybridized carbons (Fsp3) is 0.455. The van der Waals surface area contributed by atoms with Gasteiger partial charge in [0.1, 0.15) is 5.56 Å². The van der Waals surface area contributed by atoms with E-state index in [2.05, 4.69) is 10.3 Å². The molecule has 1 rings (SSSR count). The molecule has 0 atom stereocenters. The molecule has 0 aliphatic rings. The average Bonchev–Trinajstić information content (AvgIpc) is 2.30. The zero-order chi connectivity index (χ0) is 12.8. The van der Waals surface area contributed by atoms with E-state index in [0.29, 0.717) is 5.69 Å². The molecule has 0 saturated heterocycles. The second-order valence-corrected chi connectivity index (χ2v) is 3.50. The number of hydrogen-bond donors (Lipinski definition) is 2. The quantitative estimate of drug-likeness (QED) is 0.712. The second kappa shape index (κ2) is 6.17. The Morgan fingerprint density at radius 1 is 1.47 bits per heavy atom. The zero-order valence-electron chi connectivity index (χ0n) is 10.1. The standard InChI is InChI=1S/C11H16N2O4/c1-7-4-9(14)8(5-12-7)11(15)13-6-10(16-2)17-3/h4-5,10H,6H2,1-3H3,(H,12,14)(H,13,15). The minimum absolute atomic E-state index is 0.0709. The smallest absolute Gasteiger partial charge is 0.256 e. The van der Waals surface area contributed by atoms with Crippen LogP contribution in [0, 0.1) is 6.92 Å². The molecule has 6 nitrogen and oxygen atoms in total. The van der Waals surface area contributed by atoms with E-state index in [-0.39, 0.29) is 17.5 Å². The number of nitrogens with one attached hydrogen (secondary N) is 2. The van der Waals surface area contributed by atoms with Crippen LogP contribution in [0.2, 0.25) is 0 Å². The Labute approximate surface area is 98.9 Å². The lowest BCUT2D eigenvalue weighted by atomic mass is 10.2. The first-order chi connectivity index (χ1) is 8.08.